The van der Waals surface area contributed by atoms with Gasteiger partial charge in [-0.25, -0.2) is 0 Å². The molecule has 0 aliphatic rings. The van der Waals surface area contributed by atoms with Crippen molar-refractivity contribution in [2.75, 3.05) is 13.6 Å². The molecule has 24 heavy (non-hydrogen) atoms. The fraction of sp³-hybridized carbons (Fsp3) is 0.455. The van der Waals surface area contributed by atoms with E-state index in [-0.39, 0.29) is 5.92 Å². The van der Waals surface area contributed by atoms with Crippen molar-refractivity contribution in [1.29, 1.82) is 0 Å². The van der Waals surface area contributed by atoms with Gasteiger partial charge in [-0.15, -0.1) is 0 Å². The van der Waals surface area contributed by atoms with Crippen LogP contribution in [0.2, 0.25) is 0 Å². The topological polar surface area (TPSA) is 20.2 Å². The third kappa shape index (κ3) is 3.99. The Bertz CT molecular complexity index is 625. The minimum atomic E-state index is 0.224. The summed E-state index contributed by atoms with van der Waals surface area (Å²) in [6.07, 6.45) is 1.02. The monoisotopic (exact) mass is 326 g/mol. The highest BCUT2D eigenvalue weighted by Gasteiger charge is 2.31. The second-order valence-corrected chi connectivity index (χ2v) is 7.57. The Morgan fingerprint density at radius 2 is 1.38 bits per heavy atom. The average molecular weight is 327 g/mol. The normalized spacial score (nSPS) is 13.5. The van der Waals surface area contributed by atoms with Crippen molar-refractivity contribution in [3.05, 3.63) is 65.7 Å². The van der Waals surface area contributed by atoms with Gasteiger partial charge >= 0.3 is 0 Å². The summed E-state index contributed by atoms with van der Waals surface area (Å²) in [6, 6.07) is 19.5. The highest BCUT2D eigenvalue weighted by atomic mass is 16.3. The molecule has 1 unspecified atom stereocenters. The summed E-state index contributed by atoms with van der Waals surface area (Å²) in [5.41, 5.74) is 2.31. The second kappa shape index (κ2) is 7.85. The van der Waals surface area contributed by atoms with E-state index >= 15 is 0 Å². The lowest BCUT2D eigenvalue weighted by Crippen LogP contribution is -2.55. The van der Waals surface area contributed by atoms with Gasteiger partial charge in [0.05, 0.1) is 25.7 Å². The van der Waals surface area contributed by atoms with E-state index in [1.165, 1.54) is 5.56 Å². The van der Waals surface area contributed by atoms with Gasteiger partial charge in [0.2, 0.25) is 0 Å². The largest absolute Gasteiger partial charge is 0.508 e. The quantitative estimate of drug-likeness (QED) is 0.695. The van der Waals surface area contributed by atoms with E-state index in [4.69, 9.17) is 0 Å². The molecule has 2 heteroatoms. The molecule has 0 fully saturated rings. The number of phenolic OH excluding ortho intramolecular Hbond substituents is 1. The van der Waals surface area contributed by atoms with E-state index in [0.717, 1.165) is 23.0 Å². The van der Waals surface area contributed by atoms with Crippen molar-refractivity contribution in [2.45, 2.75) is 52.1 Å². The maximum absolute atomic E-state index is 10.4. The summed E-state index contributed by atoms with van der Waals surface area (Å²) in [5.74, 6) is 0.622. The molecule has 0 amide bonds. The smallest absolute Gasteiger partial charge is 0.119 e. The van der Waals surface area contributed by atoms with E-state index in [1.54, 1.807) is 6.07 Å². The molecular formula is C22H32NO+. The summed E-state index contributed by atoms with van der Waals surface area (Å²) in [4.78, 5) is 0. The Balaban J connectivity index is 2.33. The highest BCUT2D eigenvalue weighted by molar-refractivity contribution is 5.41. The van der Waals surface area contributed by atoms with Crippen molar-refractivity contribution in [3.8, 4) is 5.75 Å². The van der Waals surface area contributed by atoms with Gasteiger partial charge in [-0.05, 0) is 39.3 Å². The van der Waals surface area contributed by atoms with Crippen molar-refractivity contribution in [3.63, 3.8) is 0 Å². The molecule has 2 aromatic carbocycles. The van der Waals surface area contributed by atoms with Gasteiger partial charge in [0.25, 0.3) is 0 Å². The van der Waals surface area contributed by atoms with Crippen LogP contribution in [-0.2, 0) is 0 Å². The zero-order chi connectivity index (χ0) is 17.7. The maximum Gasteiger partial charge on any atom is 0.119 e. The molecule has 0 heterocycles. The Kier molecular flexibility index (Phi) is 6.06. The molecule has 0 spiro atoms. The van der Waals surface area contributed by atoms with Crippen molar-refractivity contribution >= 4 is 0 Å². The van der Waals surface area contributed by atoms with E-state index in [9.17, 15) is 5.11 Å². The standard InChI is InChI=1S/C22H31NO/c1-17(2)23(5,18(3)4)16-15-20(19-11-7-6-8-12-19)21-13-9-10-14-22(21)24/h6-14,17-18,20H,15-16H2,1-5H3/p+1. The molecule has 0 saturated heterocycles. The predicted molar refractivity (Wildman–Crippen MR) is 102 cm³/mol. The zero-order valence-corrected chi connectivity index (χ0v) is 15.7. The van der Waals surface area contributed by atoms with Crippen LogP contribution in [0.1, 0.15) is 51.2 Å². The van der Waals surface area contributed by atoms with E-state index in [2.05, 4.69) is 65.1 Å². The van der Waals surface area contributed by atoms with Crippen molar-refractivity contribution in [2.24, 2.45) is 0 Å². The van der Waals surface area contributed by atoms with E-state index in [1.807, 2.05) is 18.2 Å². The zero-order valence-electron chi connectivity index (χ0n) is 15.7. The van der Waals surface area contributed by atoms with Crippen LogP contribution < -0.4 is 0 Å². The number of hydrogen-bond acceptors (Lipinski definition) is 1. The summed E-state index contributed by atoms with van der Waals surface area (Å²) in [7, 11) is 2.35. The lowest BCUT2D eigenvalue weighted by Gasteiger charge is -2.43. The molecule has 2 nitrogen and oxygen atoms in total. The second-order valence-electron chi connectivity index (χ2n) is 7.57. The Morgan fingerprint density at radius 1 is 0.833 bits per heavy atom. The molecule has 0 aliphatic carbocycles. The van der Waals surface area contributed by atoms with Crippen LogP contribution in [0.3, 0.4) is 0 Å². The molecule has 1 N–H and O–H groups in total. The number of rotatable bonds is 7. The molecule has 0 saturated carbocycles. The summed E-state index contributed by atoms with van der Waals surface area (Å²) in [6.45, 7) is 10.3. The first-order valence-electron chi connectivity index (χ1n) is 9.04. The van der Waals surface area contributed by atoms with Gasteiger partial charge in [-0.1, -0.05) is 48.5 Å². The number of para-hydroxylation sites is 1. The minimum Gasteiger partial charge on any atom is -0.508 e. The lowest BCUT2D eigenvalue weighted by atomic mass is 9.87. The van der Waals surface area contributed by atoms with Crippen LogP contribution >= 0.6 is 0 Å². The lowest BCUT2D eigenvalue weighted by molar-refractivity contribution is -0.949. The SMILES string of the molecule is CC(C)[N+](C)(CCC(c1ccccc1)c1ccccc1O)C(C)C. The number of quaternary nitrogens is 1. The van der Waals surface area contributed by atoms with E-state index < -0.39 is 0 Å². The van der Waals surface area contributed by atoms with Crippen LogP contribution in [-0.4, -0.2) is 35.3 Å². The molecule has 2 aromatic rings. The first kappa shape index (κ1) is 18.5. The van der Waals surface area contributed by atoms with Crippen molar-refractivity contribution < 1.29 is 9.59 Å². The molecule has 0 bridgehead atoms. The third-order valence-electron chi connectivity index (χ3n) is 5.77. The molecule has 0 aromatic heterocycles. The fourth-order valence-electron chi connectivity index (χ4n) is 3.49. The van der Waals surface area contributed by atoms with Gasteiger partial charge in [0, 0.05) is 17.9 Å². The number of hydrogen-bond donors (Lipinski definition) is 1. The van der Waals surface area contributed by atoms with Crippen LogP contribution in [0, 0.1) is 0 Å². The molecule has 0 radical (unpaired) electrons. The van der Waals surface area contributed by atoms with Gasteiger partial charge < -0.3 is 9.59 Å². The minimum absolute atomic E-state index is 0.224. The molecule has 2 rings (SSSR count). The third-order valence-corrected chi connectivity index (χ3v) is 5.77. The van der Waals surface area contributed by atoms with Gasteiger partial charge in [-0.3, -0.25) is 0 Å². The molecule has 1 atom stereocenters. The van der Waals surface area contributed by atoms with Crippen molar-refractivity contribution in [1.82, 2.24) is 0 Å². The van der Waals surface area contributed by atoms with Gasteiger partial charge in [0.15, 0.2) is 0 Å². The number of phenols is 1. The first-order chi connectivity index (χ1) is 11.4. The highest BCUT2D eigenvalue weighted by Crippen LogP contribution is 2.35. The van der Waals surface area contributed by atoms with E-state index in [0.29, 0.717) is 17.8 Å². The predicted octanol–water partition coefficient (Wildman–Crippen LogP) is 5.18. The van der Waals surface area contributed by atoms with Gasteiger partial charge in [0.1, 0.15) is 5.75 Å². The summed E-state index contributed by atoms with van der Waals surface area (Å²) in [5, 5.41) is 10.4. The van der Waals surface area contributed by atoms with Crippen LogP contribution in [0.15, 0.2) is 54.6 Å². The molecule has 0 aliphatic heterocycles. The van der Waals surface area contributed by atoms with Gasteiger partial charge in [-0.2, -0.15) is 0 Å². The maximum atomic E-state index is 10.4. The fourth-order valence-corrected chi connectivity index (χ4v) is 3.49. The summed E-state index contributed by atoms with van der Waals surface area (Å²) >= 11 is 0. The summed E-state index contributed by atoms with van der Waals surface area (Å²) < 4.78 is 1.04. The average Bonchev–Trinajstić information content (AvgIpc) is 2.57. The Labute approximate surface area is 147 Å². The van der Waals surface area contributed by atoms with Crippen LogP contribution in [0.25, 0.3) is 0 Å². The van der Waals surface area contributed by atoms with Crippen LogP contribution in [0.5, 0.6) is 5.75 Å². The molecule has 130 valence electrons. The number of benzene rings is 2. The first-order valence-corrected chi connectivity index (χ1v) is 9.04. The molecular weight excluding hydrogens is 294 g/mol. The Hall–Kier alpha value is -1.80. The Morgan fingerprint density at radius 3 is 1.92 bits per heavy atom. The van der Waals surface area contributed by atoms with Crippen LogP contribution in [0.4, 0.5) is 0 Å². The number of nitrogens with zero attached hydrogens (tertiary/aromatic N) is 1. The number of aromatic hydroxyl groups is 1.